The van der Waals surface area contributed by atoms with Crippen molar-refractivity contribution < 1.29 is 17.4 Å². The van der Waals surface area contributed by atoms with Crippen molar-refractivity contribution in [2.45, 2.75) is 10.6 Å². The molecule has 0 aliphatic rings. The van der Waals surface area contributed by atoms with Crippen LogP contribution in [0, 0.1) is 0 Å². The van der Waals surface area contributed by atoms with Crippen LogP contribution in [-0.4, -0.2) is 37.1 Å². The Balaban J connectivity index is 2.50. The predicted octanol–water partition coefficient (Wildman–Crippen LogP) is -0.567. The van der Waals surface area contributed by atoms with E-state index >= 15 is 0 Å². The number of hydrogen-bond acceptors (Lipinski definition) is 5. The van der Waals surface area contributed by atoms with Crippen LogP contribution in [0.1, 0.15) is 4.88 Å². The summed E-state index contributed by atoms with van der Waals surface area (Å²) in [6.07, 6.45) is 1.65. The molecule has 6 nitrogen and oxygen atoms in total. The number of primary sulfonamides is 1. The number of sulfonamides is 1. The lowest BCUT2D eigenvalue weighted by Gasteiger charge is -2.02. The zero-order chi connectivity index (χ0) is 13.8. The van der Waals surface area contributed by atoms with E-state index in [4.69, 9.17) is 5.14 Å². The first kappa shape index (κ1) is 15.3. The van der Waals surface area contributed by atoms with Crippen LogP contribution < -0.4 is 10.5 Å². The Morgan fingerprint density at radius 1 is 1.50 bits per heavy atom. The SMILES string of the molecule is CS(=O)CCNC(=O)Cc1ccc(S(N)(=O)=O)s1. The number of nitrogens with one attached hydrogen (secondary N) is 1. The van der Waals surface area contributed by atoms with E-state index in [9.17, 15) is 17.4 Å². The van der Waals surface area contributed by atoms with E-state index in [1.807, 2.05) is 0 Å². The molecule has 3 N–H and O–H groups in total. The van der Waals surface area contributed by atoms with Crippen LogP contribution in [-0.2, 0) is 32.0 Å². The standard InChI is InChI=1S/C9H14N2O4S3/c1-17(13)5-4-11-8(12)6-7-2-3-9(16-7)18(10,14)15/h2-3H,4-6H2,1H3,(H,11,12)(H2,10,14,15). The number of nitrogens with two attached hydrogens (primary N) is 1. The number of thiophene rings is 1. The lowest BCUT2D eigenvalue weighted by Crippen LogP contribution is -2.28. The van der Waals surface area contributed by atoms with Crippen molar-refractivity contribution in [1.82, 2.24) is 5.32 Å². The molecular formula is C9H14N2O4S3. The molecule has 9 heteroatoms. The van der Waals surface area contributed by atoms with Crippen molar-refractivity contribution in [3.05, 3.63) is 17.0 Å². The second-order valence-electron chi connectivity index (χ2n) is 3.57. The first-order valence-corrected chi connectivity index (χ1v) is 9.06. The maximum atomic E-state index is 11.5. The summed E-state index contributed by atoms with van der Waals surface area (Å²) in [7, 11) is -4.64. The molecule has 0 spiro atoms. The zero-order valence-corrected chi connectivity index (χ0v) is 12.2. The second kappa shape index (κ2) is 6.41. The van der Waals surface area contributed by atoms with Gasteiger partial charge in [0.2, 0.25) is 15.9 Å². The minimum atomic E-state index is -3.70. The molecule has 0 saturated carbocycles. The molecule has 0 radical (unpaired) electrons. The molecule has 18 heavy (non-hydrogen) atoms. The average molecular weight is 310 g/mol. The summed E-state index contributed by atoms with van der Waals surface area (Å²) in [5.74, 6) is 0.168. The Bertz CT molecular complexity index is 550. The van der Waals surface area contributed by atoms with Crippen molar-refractivity contribution >= 4 is 38.1 Å². The van der Waals surface area contributed by atoms with Gasteiger partial charge in [0.05, 0.1) is 6.42 Å². The molecule has 1 atom stereocenters. The quantitative estimate of drug-likeness (QED) is 0.734. The summed E-state index contributed by atoms with van der Waals surface area (Å²) in [4.78, 5) is 12.1. The maximum Gasteiger partial charge on any atom is 0.247 e. The van der Waals surface area contributed by atoms with E-state index in [0.29, 0.717) is 17.2 Å². The fourth-order valence-electron chi connectivity index (χ4n) is 1.16. The van der Waals surface area contributed by atoms with Gasteiger partial charge in [-0.1, -0.05) is 0 Å². The molecule has 0 aliphatic carbocycles. The number of amides is 1. The Morgan fingerprint density at radius 2 is 2.17 bits per heavy atom. The van der Waals surface area contributed by atoms with Gasteiger partial charge in [-0.2, -0.15) is 0 Å². The lowest BCUT2D eigenvalue weighted by molar-refractivity contribution is -0.120. The monoisotopic (exact) mass is 310 g/mol. The van der Waals surface area contributed by atoms with Gasteiger partial charge in [0.15, 0.2) is 0 Å². The maximum absolute atomic E-state index is 11.5. The summed E-state index contributed by atoms with van der Waals surface area (Å²) >= 11 is 0.974. The molecule has 0 saturated heterocycles. The zero-order valence-electron chi connectivity index (χ0n) is 9.71. The molecule has 1 aromatic heterocycles. The molecule has 1 heterocycles. The van der Waals surface area contributed by atoms with Crippen LogP contribution >= 0.6 is 11.3 Å². The number of hydrogen-bond donors (Lipinski definition) is 2. The molecule has 102 valence electrons. The molecule has 0 aromatic carbocycles. The second-order valence-corrected chi connectivity index (χ2v) is 8.08. The van der Waals surface area contributed by atoms with Gasteiger partial charge in [0.25, 0.3) is 0 Å². The smallest absolute Gasteiger partial charge is 0.247 e. The van der Waals surface area contributed by atoms with Crippen LogP contribution in [0.15, 0.2) is 16.3 Å². The van der Waals surface area contributed by atoms with Gasteiger partial charge in [-0.3, -0.25) is 9.00 Å². The van der Waals surface area contributed by atoms with E-state index in [1.54, 1.807) is 12.3 Å². The highest BCUT2D eigenvalue weighted by atomic mass is 32.2. The largest absolute Gasteiger partial charge is 0.355 e. The van der Waals surface area contributed by atoms with Gasteiger partial charge in [-0.15, -0.1) is 11.3 Å². The highest BCUT2D eigenvalue weighted by Crippen LogP contribution is 2.20. The third-order valence-corrected chi connectivity index (χ3v) is 5.27. The molecule has 0 bridgehead atoms. The molecule has 1 aromatic rings. The van der Waals surface area contributed by atoms with Crippen molar-refractivity contribution in [2.75, 3.05) is 18.6 Å². The lowest BCUT2D eigenvalue weighted by atomic mass is 10.3. The van der Waals surface area contributed by atoms with Crippen molar-refractivity contribution in [3.8, 4) is 0 Å². The Morgan fingerprint density at radius 3 is 2.67 bits per heavy atom. The van der Waals surface area contributed by atoms with E-state index < -0.39 is 20.8 Å². The minimum Gasteiger partial charge on any atom is -0.355 e. The molecule has 1 amide bonds. The van der Waals surface area contributed by atoms with Gasteiger partial charge < -0.3 is 5.32 Å². The third kappa shape index (κ3) is 5.25. The van der Waals surface area contributed by atoms with Crippen LogP contribution in [0.5, 0.6) is 0 Å². The van der Waals surface area contributed by atoms with E-state index in [0.717, 1.165) is 11.3 Å². The summed E-state index contributed by atoms with van der Waals surface area (Å²) in [6.45, 7) is 0.343. The first-order valence-electron chi connectivity index (χ1n) is 4.97. The fourth-order valence-corrected chi connectivity index (χ4v) is 3.33. The van der Waals surface area contributed by atoms with Crippen LogP contribution in [0.4, 0.5) is 0 Å². The topological polar surface area (TPSA) is 106 Å². The summed E-state index contributed by atoms with van der Waals surface area (Å²) in [5.41, 5.74) is 0. The van der Waals surface area contributed by atoms with E-state index in [1.165, 1.54) is 6.07 Å². The molecule has 0 fully saturated rings. The van der Waals surface area contributed by atoms with Crippen molar-refractivity contribution in [3.63, 3.8) is 0 Å². The molecule has 0 aliphatic heterocycles. The van der Waals surface area contributed by atoms with Crippen LogP contribution in [0.2, 0.25) is 0 Å². The van der Waals surface area contributed by atoms with E-state index in [-0.39, 0.29) is 16.5 Å². The molecule has 1 unspecified atom stereocenters. The average Bonchev–Trinajstić information content (AvgIpc) is 2.64. The Kier molecular flexibility index (Phi) is 5.45. The Hall–Kier alpha value is -0.770. The van der Waals surface area contributed by atoms with Crippen molar-refractivity contribution in [1.29, 1.82) is 0 Å². The van der Waals surface area contributed by atoms with Gasteiger partial charge in [-0.25, -0.2) is 13.6 Å². The fraction of sp³-hybridized carbons (Fsp3) is 0.444. The first-order chi connectivity index (χ1) is 8.29. The predicted molar refractivity (Wildman–Crippen MR) is 71.3 cm³/mol. The van der Waals surface area contributed by atoms with Crippen LogP contribution in [0.25, 0.3) is 0 Å². The number of carbonyl (C=O) groups excluding carboxylic acids is 1. The van der Waals surface area contributed by atoms with Gasteiger partial charge in [0.1, 0.15) is 4.21 Å². The molecular weight excluding hydrogens is 296 g/mol. The summed E-state index contributed by atoms with van der Waals surface area (Å²) < 4.78 is 32.9. The highest BCUT2D eigenvalue weighted by Gasteiger charge is 2.12. The summed E-state index contributed by atoms with van der Waals surface area (Å²) in [6, 6.07) is 2.94. The van der Waals surface area contributed by atoms with Gasteiger partial charge in [-0.05, 0) is 12.1 Å². The number of rotatable bonds is 6. The number of carbonyl (C=O) groups is 1. The summed E-state index contributed by atoms with van der Waals surface area (Å²) in [5, 5.41) is 7.57. The minimum absolute atomic E-state index is 0.0416. The Labute approximate surface area is 112 Å². The van der Waals surface area contributed by atoms with Gasteiger partial charge in [0, 0.05) is 34.2 Å². The van der Waals surface area contributed by atoms with E-state index in [2.05, 4.69) is 5.32 Å². The van der Waals surface area contributed by atoms with Gasteiger partial charge >= 0.3 is 0 Å². The van der Waals surface area contributed by atoms with Crippen molar-refractivity contribution in [2.24, 2.45) is 5.14 Å². The molecule has 1 rings (SSSR count). The normalized spacial score (nSPS) is 13.2. The van der Waals surface area contributed by atoms with Crippen LogP contribution in [0.3, 0.4) is 0 Å². The third-order valence-electron chi connectivity index (χ3n) is 1.96. The highest BCUT2D eigenvalue weighted by molar-refractivity contribution is 7.91.